The maximum atomic E-state index is 11.7. The van der Waals surface area contributed by atoms with Gasteiger partial charge in [-0.25, -0.2) is 18.4 Å². The lowest BCUT2D eigenvalue weighted by Gasteiger charge is -2.09. The Hall–Kier alpha value is -1.80. The van der Waals surface area contributed by atoms with Crippen molar-refractivity contribution in [1.29, 1.82) is 0 Å². The predicted molar refractivity (Wildman–Crippen MR) is 70.4 cm³/mol. The van der Waals surface area contributed by atoms with E-state index in [0.29, 0.717) is 5.82 Å². The smallest absolute Gasteiger partial charge is 0.179 e. The van der Waals surface area contributed by atoms with Crippen LogP contribution in [-0.4, -0.2) is 34.2 Å². The molecule has 0 unspecified atom stereocenters. The van der Waals surface area contributed by atoms with Gasteiger partial charge in [-0.15, -0.1) is 0 Å². The van der Waals surface area contributed by atoms with E-state index in [1.165, 1.54) is 23.0 Å². The summed E-state index contributed by atoms with van der Waals surface area (Å²) in [5, 5.41) is 0. The highest BCUT2D eigenvalue weighted by atomic mass is 32.2. The molecule has 0 aliphatic rings. The Bertz CT molecular complexity index is 706. The molecule has 8 heteroatoms. The molecular formula is C10H10N4O2S2. The highest BCUT2D eigenvalue weighted by molar-refractivity contribution is 7.90. The van der Waals surface area contributed by atoms with Crippen LogP contribution < -0.4 is 5.73 Å². The third-order valence-corrected chi connectivity index (χ3v) is 3.54. The Balaban J connectivity index is 2.73. The van der Waals surface area contributed by atoms with Crippen molar-refractivity contribution in [2.75, 3.05) is 6.26 Å². The van der Waals surface area contributed by atoms with Crippen LogP contribution >= 0.6 is 12.2 Å². The number of hydrogen-bond acceptors (Lipinski definition) is 5. The van der Waals surface area contributed by atoms with Gasteiger partial charge in [0.25, 0.3) is 0 Å². The van der Waals surface area contributed by atoms with E-state index >= 15 is 0 Å². The zero-order chi connectivity index (χ0) is 13.3. The molecule has 0 aromatic carbocycles. The average Bonchev–Trinajstić information content (AvgIpc) is 2.76. The van der Waals surface area contributed by atoms with Crippen molar-refractivity contribution in [3.63, 3.8) is 0 Å². The van der Waals surface area contributed by atoms with E-state index in [1.54, 1.807) is 12.3 Å². The first-order valence-electron chi connectivity index (χ1n) is 4.90. The molecule has 0 bridgehead atoms. The fourth-order valence-corrected chi connectivity index (χ4v) is 2.47. The third kappa shape index (κ3) is 2.24. The molecule has 0 fully saturated rings. The summed E-state index contributed by atoms with van der Waals surface area (Å²) in [5.41, 5.74) is 5.53. The average molecular weight is 282 g/mol. The lowest BCUT2D eigenvalue weighted by atomic mass is 10.4. The normalized spacial score (nSPS) is 11.4. The minimum atomic E-state index is -3.40. The number of imidazole rings is 1. The molecule has 0 aliphatic carbocycles. The van der Waals surface area contributed by atoms with Gasteiger partial charge in [0.05, 0.1) is 0 Å². The topological polar surface area (TPSA) is 90.9 Å². The predicted octanol–water partition coefficient (Wildman–Crippen LogP) is 0.305. The highest BCUT2D eigenvalue weighted by Gasteiger charge is 2.18. The molecule has 18 heavy (non-hydrogen) atoms. The molecule has 0 radical (unpaired) electrons. The van der Waals surface area contributed by atoms with Crippen LogP contribution in [0.5, 0.6) is 0 Å². The standard InChI is InChI=1S/C10H10N4O2S2/c1-18(15,16)7-3-2-4-12-9(7)14-6-5-13-10(14)8(11)17/h2-6H,1H3,(H2,11,17). The summed E-state index contributed by atoms with van der Waals surface area (Å²) < 4.78 is 24.8. The summed E-state index contributed by atoms with van der Waals surface area (Å²) in [4.78, 5) is 8.21. The van der Waals surface area contributed by atoms with Crippen molar-refractivity contribution in [3.05, 3.63) is 36.5 Å². The van der Waals surface area contributed by atoms with Gasteiger partial charge in [0.15, 0.2) is 21.5 Å². The SMILES string of the molecule is CS(=O)(=O)c1cccnc1-n1ccnc1C(N)=S. The summed E-state index contributed by atoms with van der Waals surface area (Å²) in [5.74, 6) is 0.536. The van der Waals surface area contributed by atoms with Crippen LogP contribution in [0.1, 0.15) is 5.82 Å². The molecule has 2 heterocycles. The number of hydrogen-bond donors (Lipinski definition) is 1. The van der Waals surface area contributed by atoms with Crippen LogP contribution in [-0.2, 0) is 9.84 Å². The molecule has 0 amide bonds. The number of aromatic nitrogens is 3. The van der Waals surface area contributed by atoms with Crippen molar-refractivity contribution < 1.29 is 8.42 Å². The molecule has 0 saturated carbocycles. The maximum Gasteiger partial charge on any atom is 0.179 e. The first kappa shape index (κ1) is 12.7. The van der Waals surface area contributed by atoms with Gasteiger partial charge in [-0.3, -0.25) is 4.57 Å². The van der Waals surface area contributed by atoms with Gasteiger partial charge in [0, 0.05) is 24.8 Å². The van der Waals surface area contributed by atoms with Crippen molar-refractivity contribution in [1.82, 2.24) is 14.5 Å². The van der Waals surface area contributed by atoms with Crippen molar-refractivity contribution >= 4 is 27.0 Å². The van der Waals surface area contributed by atoms with Gasteiger partial charge in [-0.05, 0) is 12.1 Å². The Morgan fingerprint density at radius 3 is 2.72 bits per heavy atom. The van der Waals surface area contributed by atoms with Gasteiger partial charge in [-0.2, -0.15) is 0 Å². The van der Waals surface area contributed by atoms with E-state index in [2.05, 4.69) is 9.97 Å². The minimum Gasteiger partial charge on any atom is -0.387 e. The van der Waals surface area contributed by atoms with E-state index in [1.807, 2.05) is 0 Å². The molecule has 0 spiro atoms. The van der Waals surface area contributed by atoms with E-state index < -0.39 is 9.84 Å². The molecule has 0 aliphatic heterocycles. The van der Waals surface area contributed by atoms with E-state index in [9.17, 15) is 8.42 Å². The molecular weight excluding hydrogens is 272 g/mol. The minimum absolute atomic E-state index is 0.0742. The van der Waals surface area contributed by atoms with Crippen LogP contribution in [0, 0.1) is 0 Å². The second-order valence-corrected chi connectivity index (χ2v) is 6.01. The summed E-state index contributed by atoms with van der Waals surface area (Å²) in [6, 6.07) is 3.03. The van der Waals surface area contributed by atoms with Crippen LogP contribution in [0.25, 0.3) is 5.82 Å². The van der Waals surface area contributed by atoms with Crippen molar-refractivity contribution in [2.45, 2.75) is 4.90 Å². The van der Waals surface area contributed by atoms with Crippen molar-refractivity contribution in [3.8, 4) is 5.82 Å². The van der Waals surface area contributed by atoms with Gasteiger partial charge in [0.2, 0.25) is 0 Å². The van der Waals surface area contributed by atoms with E-state index in [0.717, 1.165) is 6.26 Å². The monoisotopic (exact) mass is 282 g/mol. The van der Waals surface area contributed by atoms with Crippen LogP contribution in [0.2, 0.25) is 0 Å². The van der Waals surface area contributed by atoms with Crippen LogP contribution in [0.15, 0.2) is 35.6 Å². The molecule has 2 aromatic heterocycles. The number of rotatable bonds is 3. The number of thiocarbonyl (C=S) groups is 1. The quantitative estimate of drug-likeness (QED) is 0.814. The fraction of sp³-hybridized carbons (Fsp3) is 0.100. The number of sulfone groups is 1. The Kier molecular flexibility index (Phi) is 3.14. The number of nitrogens with two attached hydrogens (primary N) is 1. The lowest BCUT2D eigenvalue weighted by Crippen LogP contribution is -2.18. The summed E-state index contributed by atoms with van der Waals surface area (Å²) in [7, 11) is -3.40. The molecule has 0 atom stereocenters. The molecule has 2 aromatic rings. The molecule has 6 nitrogen and oxygen atoms in total. The Labute approximate surface area is 109 Å². The fourth-order valence-electron chi connectivity index (χ4n) is 1.51. The molecule has 94 valence electrons. The zero-order valence-electron chi connectivity index (χ0n) is 9.44. The summed E-state index contributed by atoms with van der Waals surface area (Å²) in [6.07, 6.45) is 5.65. The molecule has 0 saturated heterocycles. The molecule has 2 rings (SSSR count). The number of pyridine rings is 1. The Morgan fingerprint density at radius 2 is 2.11 bits per heavy atom. The Morgan fingerprint density at radius 1 is 1.39 bits per heavy atom. The van der Waals surface area contributed by atoms with E-state index in [-0.39, 0.29) is 15.7 Å². The third-order valence-electron chi connectivity index (χ3n) is 2.24. The highest BCUT2D eigenvalue weighted by Crippen LogP contribution is 2.18. The van der Waals surface area contributed by atoms with Gasteiger partial charge < -0.3 is 5.73 Å². The molecule has 2 N–H and O–H groups in total. The first-order chi connectivity index (χ1) is 8.41. The van der Waals surface area contributed by atoms with Gasteiger partial charge >= 0.3 is 0 Å². The van der Waals surface area contributed by atoms with Gasteiger partial charge in [-0.1, -0.05) is 12.2 Å². The van der Waals surface area contributed by atoms with Crippen LogP contribution in [0.3, 0.4) is 0 Å². The lowest BCUT2D eigenvalue weighted by molar-refractivity contribution is 0.600. The van der Waals surface area contributed by atoms with Crippen molar-refractivity contribution in [2.24, 2.45) is 5.73 Å². The second kappa shape index (κ2) is 4.46. The van der Waals surface area contributed by atoms with E-state index in [4.69, 9.17) is 18.0 Å². The zero-order valence-corrected chi connectivity index (χ0v) is 11.1. The maximum absolute atomic E-state index is 11.7. The van der Waals surface area contributed by atoms with Crippen LogP contribution in [0.4, 0.5) is 0 Å². The summed E-state index contributed by atoms with van der Waals surface area (Å²) in [6.45, 7) is 0. The number of nitrogens with zero attached hydrogens (tertiary/aromatic N) is 3. The van der Waals surface area contributed by atoms with Gasteiger partial charge in [0.1, 0.15) is 9.88 Å². The second-order valence-electron chi connectivity index (χ2n) is 3.58. The largest absolute Gasteiger partial charge is 0.387 e. The summed E-state index contributed by atoms with van der Waals surface area (Å²) >= 11 is 4.86. The first-order valence-corrected chi connectivity index (χ1v) is 7.20.